The van der Waals surface area contributed by atoms with E-state index < -0.39 is 0 Å². The van der Waals surface area contributed by atoms with E-state index in [2.05, 4.69) is 9.24 Å². The van der Waals surface area contributed by atoms with Gasteiger partial charge in [0.05, 0.1) is 7.85 Å². The number of benzene rings is 1. The van der Waals surface area contributed by atoms with E-state index in [0.717, 1.165) is 5.56 Å². The fourth-order valence-corrected chi connectivity index (χ4v) is 0.897. The van der Waals surface area contributed by atoms with E-state index in [-0.39, 0.29) is 5.56 Å². The average molecular weight is 134 g/mol. The third-order valence-corrected chi connectivity index (χ3v) is 1.57. The van der Waals surface area contributed by atoms with Gasteiger partial charge in [-0.3, -0.25) is 0 Å². The molecule has 0 aliphatic carbocycles. The highest BCUT2D eigenvalue weighted by atomic mass is 31.0. The molecule has 0 N–H and O–H groups in total. The standard InChI is InChI=1S/C7H8BP/c8-7(9)6-4-2-1-3-5-6/h1-5,7H,9H2. The third kappa shape index (κ3) is 1.84. The summed E-state index contributed by atoms with van der Waals surface area (Å²) in [7, 11) is 8.13. The first-order valence-corrected chi connectivity index (χ1v) is 3.53. The minimum atomic E-state index is 0.0752. The van der Waals surface area contributed by atoms with Gasteiger partial charge < -0.3 is 0 Å². The van der Waals surface area contributed by atoms with Gasteiger partial charge >= 0.3 is 0 Å². The fourth-order valence-electron chi connectivity index (χ4n) is 0.675. The predicted molar refractivity (Wildman–Crippen MR) is 44.6 cm³/mol. The smallest absolute Gasteiger partial charge is 0.0820 e. The Kier molecular flexibility index (Phi) is 2.30. The Hall–Kier alpha value is -0.285. The SMILES string of the molecule is [B]C(P)c1ccccc1. The van der Waals surface area contributed by atoms with E-state index in [1.54, 1.807) is 0 Å². The van der Waals surface area contributed by atoms with E-state index >= 15 is 0 Å². The van der Waals surface area contributed by atoms with E-state index in [1.807, 2.05) is 30.3 Å². The summed E-state index contributed by atoms with van der Waals surface area (Å²) in [5.74, 6) is 0. The van der Waals surface area contributed by atoms with Gasteiger partial charge in [0.2, 0.25) is 0 Å². The first-order chi connectivity index (χ1) is 4.30. The second-order valence-corrected chi connectivity index (χ2v) is 2.65. The molecular formula is C7H8BP. The molecule has 0 heterocycles. The van der Waals surface area contributed by atoms with Gasteiger partial charge in [0.1, 0.15) is 0 Å². The minimum absolute atomic E-state index is 0.0752. The Labute approximate surface area is 59.3 Å². The van der Waals surface area contributed by atoms with Gasteiger partial charge in [-0.1, -0.05) is 30.3 Å². The Bertz CT molecular complexity index is 172. The summed E-state index contributed by atoms with van der Waals surface area (Å²) in [6.45, 7) is 0. The molecule has 0 nitrogen and oxygen atoms in total. The van der Waals surface area contributed by atoms with Crippen molar-refractivity contribution in [2.24, 2.45) is 0 Å². The molecule has 2 unspecified atom stereocenters. The fraction of sp³-hybridized carbons (Fsp3) is 0.143. The maximum absolute atomic E-state index is 5.58. The van der Waals surface area contributed by atoms with Crippen molar-refractivity contribution in [3.63, 3.8) is 0 Å². The van der Waals surface area contributed by atoms with E-state index in [4.69, 9.17) is 7.85 Å². The Morgan fingerprint density at radius 3 is 2.11 bits per heavy atom. The van der Waals surface area contributed by atoms with Gasteiger partial charge in [0, 0.05) is 0 Å². The van der Waals surface area contributed by atoms with Crippen LogP contribution in [0.4, 0.5) is 0 Å². The molecule has 0 amide bonds. The van der Waals surface area contributed by atoms with Crippen molar-refractivity contribution < 1.29 is 0 Å². The van der Waals surface area contributed by atoms with Crippen molar-refractivity contribution in [1.82, 2.24) is 0 Å². The van der Waals surface area contributed by atoms with Crippen molar-refractivity contribution in [1.29, 1.82) is 0 Å². The van der Waals surface area contributed by atoms with Crippen molar-refractivity contribution in [3.8, 4) is 0 Å². The Morgan fingerprint density at radius 2 is 1.78 bits per heavy atom. The largest absolute Gasteiger partial charge is 0.139 e. The van der Waals surface area contributed by atoms with Crippen molar-refractivity contribution in [2.45, 2.75) is 5.56 Å². The molecular weight excluding hydrogens is 126 g/mol. The van der Waals surface area contributed by atoms with Crippen LogP contribution in [0.2, 0.25) is 0 Å². The molecule has 44 valence electrons. The molecule has 1 aromatic carbocycles. The zero-order valence-electron chi connectivity index (χ0n) is 5.12. The summed E-state index contributed by atoms with van der Waals surface area (Å²) in [4.78, 5) is 0. The molecule has 2 radical (unpaired) electrons. The maximum Gasteiger partial charge on any atom is 0.0820 e. The lowest BCUT2D eigenvalue weighted by Crippen LogP contribution is -1.84. The minimum Gasteiger partial charge on any atom is -0.139 e. The molecule has 0 spiro atoms. The van der Waals surface area contributed by atoms with Crippen molar-refractivity contribution in [3.05, 3.63) is 35.9 Å². The highest BCUT2D eigenvalue weighted by Crippen LogP contribution is 2.16. The lowest BCUT2D eigenvalue weighted by molar-refractivity contribution is 1.37. The Balaban J connectivity index is 2.85. The van der Waals surface area contributed by atoms with Gasteiger partial charge in [-0.2, -0.15) is 0 Å². The average Bonchev–Trinajstić information content (AvgIpc) is 1.90. The lowest BCUT2D eigenvalue weighted by atomic mass is 9.96. The van der Waals surface area contributed by atoms with Crippen LogP contribution >= 0.6 is 9.24 Å². The van der Waals surface area contributed by atoms with Gasteiger partial charge in [0.15, 0.2) is 0 Å². The molecule has 0 bridgehead atoms. The zero-order valence-corrected chi connectivity index (χ0v) is 6.27. The second-order valence-electron chi connectivity index (χ2n) is 1.94. The molecule has 1 rings (SSSR count). The first-order valence-electron chi connectivity index (χ1n) is 2.87. The highest BCUT2D eigenvalue weighted by Gasteiger charge is 1.93. The van der Waals surface area contributed by atoms with Crippen LogP contribution in [0, 0.1) is 0 Å². The normalized spacial score (nSPS) is 13.0. The van der Waals surface area contributed by atoms with Crippen LogP contribution in [0.3, 0.4) is 0 Å². The number of rotatable bonds is 1. The van der Waals surface area contributed by atoms with Crippen LogP contribution in [0.25, 0.3) is 0 Å². The van der Waals surface area contributed by atoms with Gasteiger partial charge in [-0.05, 0) is 11.1 Å². The second kappa shape index (κ2) is 3.03. The van der Waals surface area contributed by atoms with Crippen molar-refractivity contribution in [2.75, 3.05) is 0 Å². The van der Waals surface area contributed by atoms with Crippen LogP contribution < -0.4 is 0 Å². The van der Waals surface area contributed by atoms with Gasteiger partial charge in [-0.25, -0.2) is 0 Å². The van der Waals surface area contributed by atoms with E-state index in [0.29, 0.717) is 0 Å². The summed E-state index contributed by atoms with van der Waals surface area (Å²) < 4.78 is 0. The van der Waals surface area contributed by atoms with Crippen LogP contribution in [0.5, 0.6) is 0 Å². The molecule has 2 heteroatoms. The van der Waals surface area contributed by atoms with E-state index in [9.17, 15) is 0 Å². The van der Waals surface area contributed by atoms with Crippen LogP contribution in [0.15, 0.2) is 30.3 Å². The summed E-state index contributed by atoms with van der Waals surface area (Å²) >= 11 is 0. The molecule has 0 aliphatic heterocycles. The first kappa shape index (κ1) is 6.83. The molecule has 0 aliphatic rings. The topological polar surface area (TPSA) is 0 Å². The van der Waals surface area contributed by atoms with Crippen LogP contribution in [0.1, 0.15) is 11.1 Å². The molecule has 0 aromatic heterocycles. The molecule has 2 atom stereocenters. The molecule has 0 fully saturated rings. The summed E-state index contributed by atoms with van der Waals surface area (Å²) in [5, 5.41) is 0. The molecule has 0 saturated heterocycles. The molecule has 9 heavy (non-hydrogen) atoms. The summed E-state index contributed by atoms with van der Waals surface area (Å²) in [5.41, 5.74) is 1.23. The monoisotopic (exact) mass is 134 g/mol. The Morgan fingerprint density at radius 1 is 1.22 bits per heavy atom. The van der Waals surface area contributed by atoms with Gasteiger partial charge in [-0.15, -0.1) is 9.24 Å². The lowest BCUT2D eigenvalue weighted by Gasteiger charge is -2.01. The highest BCUT2D eigenvalue weighted by molar-refractivity contribution is 7.20. The third-order valence-electron chi connectivity index (χ3n) is 1.18. The molecule has 0 saturated carbocycles. The van der Waals surface area contributed by atoms with Crippen molar-refractivity contribution >= 4 is 17.1 Å². The van der Waals surface area contributed by atoms with Gasteiger partial charge in [0.25, 0.3) is 0 Å². The summed E-state index contributed by atoms with van der Waals surface area (Å²) in [6.07, 6.45) is 0. The summed E-state index contributed by atoms with van der Waals surface area (Å²) in [6, 6.07) is 9.98. The predicted octanol–water partition coefficient (Wildman–Crippen LogP) is 1.73. The van der Waals surface area contributed by atoms with Crippen LogP contribution in [-0.4, -0.2) is 7.85 Å². The molecule has 1 aromatic rings. The maximum atomic E-state index is 5.58. The number of hydrogen-bond donors (Lipinski definition) is 0. The van der Waals surface area contributed by atoms with E-state index in [1.165, 1.54) is 0 Å². The van der Waals surface area contributed by atoms with Crippen LogP contribution in [-0.2, 0) is 0 Å². The zero-order chi connectivity index (χ0) is 6.69. The quantitative estimate of drug-likeness (QED) is 0.405. The number of hydrogen-bond acceptors (Lipinski definition) is 0.